The highest BCUT2D eigenvalue weighted by atomic mass is 32.2. The van der Waals surface area contributed by atoms with E-state index in [9.17, 15) is 18.0 Å². The SMILES string of the molecule is CC(C)[C@H](NC(=O)[C@@H]1CCCN1)C(=O)N1CCC2CCN(S(=O)(=O)c3ccccc3)CC21. The monoisotopic (exact) mass is 462 g/mol. The van der Waals surface area contributed by atoms with Crippen molar-refractivity contribution in [3.8, 4) is 0 Å². The lowest BCUT2D eigenvalue weighted by Gasteiger charge is -2.39. The summed E-state index contributed by atoms with van der Waals surface area (Å²) in [4.78, 5) is 28.3. The molecule has 0 radical (unpaired) electrons. The van der Waals surface area contributed by atoms with E-state index in [0.717, 1.165) is 32.2 Å². The molecule has 8 nitrogen and oxygen atoms in total. The van der Waals surface area contributed by atoms with Gasteiger partial charge in [0.1, 0.15) is 6.04 Å². The van der Waals surface area contributed by atoms with Gasteiger partial charge in [-0.05, 0) is 56.2 Å². The van der Waals surface area contributed by atoms with Gasteiger partial charge in [0.05, 0.1) is 10.9 Å². The predicted octanol–water partition coefficient (Wildman–Crippen LogP) is 1.19. The van der Waals surface area contributed by atoms with E-state index in [1.54, 1.807) is 30.3 Å². The third-order valence-electron chi connectivity index (χ3n) is 7.10. The van der Waals surface area contributed by atoms with Crippen LogP contribution in [-0.2, 0) is 19.6 Å². The fourth-order valence-electron chi connectivity index (χ4n) is 5.20. The van der Waals surface area contributed by atoms with Crippen LogP contribution in [0.15, 0.2) is 35.2 Å². The van der Waals surface area contributed by atoms with Crippen LogP contribution in [0.5, 0.6) is 0 Å². The van der Waals surface area contributed by atoms with Crippen LogP contribution < -0.4 is 10.6 Å². The molecule has 3 aliphatic rings. The van der Waals surface area contributed by atoms with E-state index in [-0.39, 0.29) is 34.7 Å². The number of benzene rings is 1. The van der Waals surface area contributed by atoms with Crippen molar-refractivity contribution in [2.24, 2.45) is 11.8 Å². The average molecular weight is 463 g/mol. The molecule has 2 N–H and O–H groups in total. The molecule has 32 heavy (non-hydrogen) atoms. The second-order valence-electron chi connectivity index (χ2n) is 9.49. The molecule has 0 bridgehead atoms. The van der Waals surface area contributed by atoms with Gasteiger partial charge in [-0.15, -0.1) is 0 Å². The summed E-state index contributed by atoms with van der Waals surface area (Å²) in [7, 11) is -3.60. The molecule has 0 aliphatic carbocycles. The number of sulfonamides is 1. The highest BCUT2D eigenvalue weighted by Crippen LogP contribution is 2.34. The van der Waals surface area contributed by atoms with E-state index in [1.165, 1.54) is 4.31 Å². The number of amides is 2. The molecule has 0 aromatic heterocycles. The number of fused-ring (bicyclic) bond motifs is 1. The zero-order valence-electron chi connectivity index (χ0n) is 18.9. The Morgan fingerprint density at radius 3 is 2.47 bits per heavy atom. The molecule has 2 amide bonds. The van der Waals surface area contributed by atoms with Gasteiger partial charge in [0.15, 0.2) is 0 Å². The van der Waals surface area contributed by atoms with E-state index >= 15 is 0 Å². The maximum Gasteiger partial charge on any atom is 0.245 e. The molecular formula is C23H34N4O4S. The summed E-state index contributed by atoms with van der Waals surface area (Å²) in [6.07, 6.45) is 3.36. The Labute approximate surface area is 190 Å². The number of carbonyl (C=O) groups excluding carboxylic acids is 2. The van der Waals surface area contributed by atoms with Crippen molar-refractivity contribution in [2.75, 3.05) is 26.2 Å². The van der Waals surface area contributed by atoms with Gasteiger partial charge in [0.25, 0.3) is 0 Å². The zero-order chi connectivity index (χ0) is 22.9. The maximum atomic E-state index is 13.5. The molecule has 2 unspecified atom stereocenters. The normalized spacial score (nSPS) is 27.3. The largest absolute Gasteiger partial charge is 0.343 e. The Hall–Kier alpha value is -1.97. The van der Waals surface area contributed by atoms with Crippen LogP contribution in [0.4, 0.5) is 0 Å². The molecule has 0 saturated carbocycles. The van der Waals surface area contributed by atoms with E-state index in [4.69, 9.17) is 0 Å². The summed E-state index contributed by atoms with van der Waals surface area (Å²) in [6, 6.07) is 7.46. The fraction of sp³-hybridized carbons (Fsp3) is 0.652. The standard InChI is InChI=1S/C23H34N4O4S/c1-16(2)21(25-22(28)19-9-6-12-24-19)23(29)27-14-11-17-10-13-26(15-20(17)27)32(30,31)18-7-4-3-5-8-18/h3-5,7-8,16-17,19-21,24H,6,9-15H2,1-2H3,(H,25,28)/t17?,19-,20?,21-/m0/s1. The van der Waals surface area contributed by atoms with Gasteiger partial charge in [-0.25, -0.2) is 8.42 Å². The van der Waals surface area contributed by atoms with Crippen LogP contribution in [0.25, 0.3) is 0 Å². The Balaban J connectivity index is 1.48. The molecule has 4 atom stereocenters. The Morgan fingerprint density at radius 2 is 1.81 bits per heavy atom. The minimum absolute atomic E-state index is 0.0559. The minimum atomic E-state index is -3.60. The third-order valence-corrected chi connectivity index (χ3v) is 8.98. The van der Waals surface area contributed by atoms with Crippen molar-refractivity contribution in [2.45, 2.75) is 62.6 Å². The minimum Gasteiger partial charge on any atom is -0.343 e. The van der Waals surface area contributed by atoms with Crippen molar-refractivity contribution >= 4 is 21.8 Å². The molecule has 0 spiro atoms. The zero-order valence-corrected chi connectivity index (χ0v) is 19.7. The van der Waals surface area contributed by atoms with Crippen LogP contribution in [-0.4, -0.2) is 73.7 Å². The van der Waals surface area contributed by atoms with Crippen molar-refractivity contribution in [1.29, 1.82) is 0 Å². The summed E-state index contributed by atoms with van der Waals surface area (Å²) >= 11 is 0. The van der Waals surface area contributed by atoms with E-state index in [1.807, 2.05) is 18.7 Å². The Morgan fingerprint density at radius 1 is 1.09 bits per heavy atom. The highest BCUT2D eigenvalue weighted by Gasteiger charge is 2.45. The van der Waals surface area contributed by atoms with Crippen LogP contribution in [0.1, 0.15) is 39.5 Å². The molecule has 3 aliphatic heterocycles. The molecule has 176 valence electrons. The van der Waals surface area contributed by atoms with Crippen LogP contribution in [0, 0.1) is 11.8 Å². The van der Waals surface area contributed by atoms with E-state index in [0.29, 0.717) is 25.6 Å². The molecular weight excluding hydrogens is 428 g/mol. The third kappa shape index (κ3) is 4.56. The fourth-order valence-corrected chi connectivity index (χ4v) is 6.69. The number of rotatable bonds is 6. The number of hydrogen-bond acceptors (Lipinski definition) is 5. The number of nitrogens with zero attached hydrogens (tertiary/aromatic N) is 2. The van der Waals surface area contributed by atoms with Gasteiger partial charge in [-0.1, -0.05) is 32.0 Å². The molecule has 3 saturated heterocycles. The van der Waals surface area contributed by atoms with Crippen LogP contribution in [0.2, 0.25) is 0 Å². The highest BCUT2D eigenvalue weighted by molar-refractivity contribution is 7.89. The number of hydrogen-bond donors (Lipinski definition) is 2. The second-order valence-corrected chi connectivity index (χ2v) is 11.4. The van der Waals surface area contributed by atoms with Crippen molar-refractivity contribution in [1.82, 2.24) is 19.8 Å². The molecule has 1 aromatic rings. The number of piperidine rings is 1. The number of carbonyl (C=O) groups is 2. The summed E-state index contributed by atoms with van der Waals surface area (Å²) in [5, 5.41) is 6.16. The lowest BCUT2D eigenvalue weighted by atomic mass is 9.93. The number of likely N-dealkylation sites (tertiary alicyclic amines) is 1. The topological polar surface area (TPSA) is 98.8 Å². The van der Waals surface area contributed by atoms with Gasteiger partial charge in [0.2, 0.25) is 21.8 Å². The molecule has 3 heterocycles. The van der Waals surface area contributed by atoms with Crippen molar-refractivity contribution < 1.29 is 18.0 Å². The molecule has 1 aromatic carbocycles. The van der Waals surface area contributed by atoms with Gasteiger partial charge < -0.3 is 15.5 Å². The molecule has 4 rings (SSSR count). The van der Waals surface area contributed by atoms with Gasteiger partial charge in [-0.3, -0.25) is 9.59 Å². The molecule has 9 heteroatoms. The molecule has 3 fully saturated rings. The lowest BCUT2D eigenvalue weighted by Crippen LogP contribution is -2.58. The lowest BCUT2D eigenvalue weighted by molar-refractivity contribution is -0.139. The summed E-state index contributed by atoms with van der Waals surface area (Å²) in [5.41, 5.74) is 0. The van der Waals surface area contributed by atoms with Crippen molar-refractivity contribution in [3.05, 3.63) is 30.3 Å². The van der Waals surface area contributed by atoms with Gasteiger partial charge in [0, 0.05) is 25.7 Å². The van der Waals surface area contributed by atoms with Crippen LogP contribution in [0.3, 0.4) is 0 Å². The first-order valence-corrected chi connectivity index (χ1v) is 13.1. The first-order valence-electron chi connectivity index (χ1n) is 11.7. The Bertz CT molecular complexity index is 931. The maximum absolute atomic E-state index is 13.5. The summed E-state index contributed by atoms with van der Waals surface area (Å²) in [6.45, 7) is 6.07. The predicted molar refractivity (Wildman–Crippen MR) is 121 cm³/mol. The average Bonchev–Trinajstić information content (AvgIpc) is 3.47. The van der Waals surface area contributed by atoms with Crippen molar-refractivity contribution in [3.63, 3.8) is 0 Å². The van der Waals surface area contributed by atoms with Gasteiger partial charge in [-0.2, -0.15) is 4.31 Å². The quantitative estimate of drug-likeness (QED) is 0.662. The van der Waals surface area contributed by atoms with E-state index < -0.39 is 16.1 Å². The van der Waals surface area contributed by atoms with Crippen LogP contribution >= 0.6 is 0 Å². The summed E-state index contributed by atoms with van der Waals surface area (Å²) in [5.74, 6) is 0.0147. The second kappa shape index (κ2) is 9.49. The van der Waals surface area contributed by atoms with Gasteiger partial charge >= 0.3 is 0 Å². The Kier molecular flexibility index (Phi) is 6.88. The first-order chi connectivity index (χ1) is 15.3. The van der Waals surface area contributed by atoms with E-state index in [2.05, 4.69) is 10.6 Å². The smallest absolute Gasteiger partial charge is 0.245 e. The first kappa shape index (κ1) is 23.2. The summed E-state index contributed by atoms with van der Waals surface area (Å²) < 4.78 is 27.8. The number of nitrogens with one attached hydrogen (secondary N) is 2.